The van der Waals surface area contributed by atoms with Gasteiger partial charge in [0.15, 0.2) is 0 Å². The highest BCUT2D eigenvalue weighted by Crippen LogP contribution is 2.26. The summed E-state index contributed by atoms with van der Waals surface area (Å²) in [5, 5.41) is 4.93. The topological polar surface area (TPSA) is 57.8 Å². The van der Waals surface area contributed by atoms with Crippen LogP contribution in [0.25, 0.3) is 21.7 Å². The Morgan fingerprint density at radius 3 is 2.70 bits per heavy atom. The number of benzene rings is 2. The van der Waals surface area contributed by atoms with E-state index in [9.17, 15) is 4.79 Å². The number of aromatic amines is 1. The lowest BCUT2D eigenvalue weighted by Crippen LogP contribution is -2.11. The second-order valence-corrected chi connectivity index (χ2v) is 6.06. The molecule has 2 N–H and O–H groups in total. The summed E-state index contributed by atoms with van der Waals surface area (Å²) in [7, 11) is 0. The number of hydrogen-bond donors (Lipinski definition) is 2. The molecule has 0 aliphatic rings. The van der Waals surface area contributed by atoms with Gasteiger partial charge in [-0.3, -0.25) is 4.79 Å². The Kier molecular flexibility index (Phi) is 3.40. The van der Waals surface area contributed by atoms with Gasteiger partial charge in [-0.05, 0) is 41.8 Å². The van der Waals surface area contributed by atoms with Crippen LogP contribution in [0.2, 0.25) is 0 Å². The summed E-state index contributed by atoms with van der Waals surface area (Å²) < 4.78 is 0. The van der Waals surface area contributed by atoms with Gasteiger partial charge in [-0.25, -0.2) is 4.98 Å². The molecular formula is C18H13N3OS. The van der Waals surface area contributed by atoms with Crippen molar-refractivity contribution >= 4 is 34.0 Å². The van der Waals surface area contributed by atoms with Crippen LogP contribution in [0.1, 0.15) is 10.4 Å². The van der Waals surface area contributed by atoms with Gasteiger partial charge in [-0.2, -0.15) is 0 Å². The van der Waals surface area contributed by atoms with E-state index < -0.39 is 0 Å². The monoisotopic (exact) mass is 319 g/mol. The van der Waals surface area contributed by atoms with Gasteiger partial charge in [-0.1, -0.05) is 24.3 Å². The Morgan fingerprint density at radius 2 is 1.91 bits per heavy atom. The molecule has 0 saturated heterocycles. The maximum absolute atomic E-state index is 12.2. The number of nitrogens with one attached hydrogen (secondary N) is 2. The Bertz CT molecular complexity index is 959. The van der Waals surface area contributed by atoms with Crippen molar-refractivity contribution in [2.75, 3.05) is 5.32 Å². The lowest BCUT2D eigenvalue weighted by Gasteiger charge is -2.04. The van der Waals surface area contributed by atoms with Crippen LogP contribution in [0.4, 0.5) is 5.69 Å². The van der Waals surface area contributed by atoms with Crippen molar-refractivity contribution < 1.29 is 4.79 Å². The number of H-pyrrole nitrogens is 1. The number of anilines is 1. The molecule has 4 rings (SSSR count). The zero-order valence-electron chi connectivity index (χ0n) is 12.1. The average Bonchev–Trinajstić information content (AvgIpc) is 3.24. The van der Waals surface area contributed by atoms with Crippen molar-refractivity contribution in [2.24, 2.45) is 0 Å². The Morgan fingerprint density at radius 1 is 1.04 bits per heavy atom. The van der Waals surface area contributed by atoms with E-state index in [1.807, 2.05) is 53.9 Å². The third-order valence-corrected chi connectivity index (χ3v) is 4.41. The van der Waals surface area contributed by atoms with Crippen molar-refractivity contribution in [1.29, 1.82) is 0 Å². The number of amides is 1. The molecule has 2 aromatic carbocycles. The smallest absolute Gasteiger partial charge is 0.255 e. The number of thiophene rings is 1. The van der Waals surface area contributed by atoms with Crippen LogP contribution in [-0.4, -0.2) is 15.9 Å². The molecule has 112 valence electrons. The van der Waals surface area contributed by atoms with E-state index in [0.717, 1.165) is 27.4 Å². The van der Waals surface area contributed by atoms with Gasteiger partial charge in [0, 0.05) is 11.3 Å². The maximum Gasteiger partial charge on any atom is 0.255 e. The molecule has 0 atom stereocenters. The molecule has 4 aromatic rings. The van der Waals surface area contributed by atoms with Crippen molar-refractivity contribution in [3.05, 3.63) is 71.6 Å². The van der Waals surface area contributed by atoms with E-state index in [4.69, 9.17) is 0 Å². The predicted molar refractivity (Wildman–Crippen MR) is 93.8 cm³/mol. The molecule has 0 spiro atoms. The zero-order valence-corrected chi connectivity index (χ0v) is 12.9. The number of rotatable bonds is 3. The van der Waals surface area contributed by atoms with Gasteiger partial charge in [0.05, 0.1) is 15.9 Å². The number of aromatic nitrogens is 2. The van der Waals surface area contributed by atoms with Crippen LogP contribution in [0.3, 0.4) is 0 Å². The van der Waals surface area contributed by atoms with Crippen molar-refractivity contribution in [1.82, 2.24) is 9.97 Å². The van der Waals surface area contributed by atoms with E-state index in [2.05, 4.69) is 15.3 Å². The first-order valence-electron chi connectivity index (χ1n) is 7.20. The summed E-state index contributed by atoms with van der Waals surface area (Å²) in [6.07, 6.45) is 0. The quantitative estimate of drug-likeness (QED) is 0.582. The van der Waals surface area contributed by atoms with Crippen LogP contribution >= 0.6 is 11.3 Å². The molecule has 0 radical (unpaired) electrons. The molecule has 4 nitrogen and oxygen atoms in total. The number of imidazole rings is 1. The number of nitrogens with zero attached hydrogens (tertiary/aromatic N) is 1. The van der Waals surface area contributed by atoms with E-state index in [1.54, 1.807) is 23.5 Å². The standard InChI is InChI=1S/C18H13N3OS/c22-18(12-5-2-1-3-6-12)19-13-8-9-14-15(11-13)21-17(20-14)16-7-4-10-23-16/h1-11H,(H,19,22)(H,20,21). The number of carbonyl (C=O) groups excluding carboxylic acids is 1. The average molecular weight is 319 g/mol. The van der Waals surface area contributed by atoms with E-state index in [1.165, 1.54) is 0 Å². The minimum Gasteiger partial charge on any atom is -0.337 e. The minimum absolute atomic E-state index is 0.126. The van der Waals surface area contributed by atoms with Crippen LogP contribution < -0.4 is 5.32 Å². The van der Waals surface area contributed by atoms with Gasteiger partial charge in [-0.15, -0.1) is 11.3 Å². The van der Waals surface area contributed by atoms with Crippen molar-refractivity contribution in [2.45, 2.75) is 0 Å². The van der Waals surface area contributed by atoms with E-state index in [-0.39, 0.29) is 5.91 Å². The highest BCUT2D eigenvalue weighted by molar-refractivity contribution is 7.13. The lowest BCUT2D eigenvalue weighted by atomic mass is 10.2. The molecule has 2 heterocycles. The van der Waals surface area contributed by atoms with Crippen molar-refractivity contribution in [3.63, 3.8) is 0 Å². The summed E-state index contributed by atoms with van der Waals surface area (Å²) in [5.74, 6) is 0.723. The maximum atomic E-state index is 12.2. The third kappa shape index (κ3) is 2.74. The zero-order chi connectivity index (χ0) is 15.6. The van der Waals surface area contributed by atoms with Gasteiger partial charge < -0.3 is 10.3 Å². The van der Waals surface area contributed by atoms with Gasteiger partial charge in [0.2, 0.25) is 0 Å². The SMILES string of the molecule is O=C(Nc1ccc2[nH]c(-c3cccs3)nc2c1)c1ccccc1. The van der Waals surface area contributed by atoms with Crippen LogP contribution in [0.5, 0.6) is 0 Å². The predicted octanol–water partition coefficient (Wildman–Crippen LogP) is 4.54. The van der Waals surface area contributed by atoms with Gasteiger partial charge in [0.25, 0.3) is 5.91 Å². The molecule has 0 bridgehead atoms. The molecule has 2 aromatic heterocycles. The molecular weight excluding hydrogens is 306 g/mol. The first-order chi connectivity index (χ1) is 11.3. The fourth-order valence-electron chi connectivity index (χ4n) is 2.41. The molecule has 0 unspecified atom stereocenters. The van der Waals surface area contributed by atoms with E-state index in [0.29, 0.717) is 5.56 Å². The Balaban J connectivity index is 1.63. The van der Waals surface area contributed by atoms with E-state index >= 15 is 0 Å². The van der Waals surface area contributed by atoms with Crippen molar-refractivity contribution in [3.8, 4) is 10.7 Å². The minimum atomic E-state index is -0.126. The Labute approximate surface area is 136 Å². The second-order valence-electron chi connectivity index (χ2n) is 5.11. The highest BCUT2D eigenvalue weighted by atomic mass is 32.1. The van der Waals surface area contributed by atoms with Crippen LogP contribution in [0.15, 0.2) is 66.0 Å². The first kappa shape index (κ1) is 13.7. The first-order valence-corrected chi connectivity index (χ1v) is 8.07. The fourth-order valence-corrected chi connectivity index (χ4v) is 3.08. The molecule has 1 amide bonds. The lowest BCUT2D eigenvalue weighted by molar-refractivity contribution is 0.102. The summed E-state index contributed by atoms with van der Waals surface area (Å²) >= 11 is 1.64. The summed E-state index contributed by atoms with van der Waals surface area (Å²) in [5.41, 5.74) is 3.15. The molecule has 0 fully saturated rings. The highest BCUT2D eigenvalue weighted by Gasteiger charge is 2.09. The second kappa shape index (κ2) is 5.70. The van der Waals surface area contributed by atoms with Crippen LogP contribution in [0, 0.1) is 0 Å². The molecule has 5 heteroatoms. The molecule has 0 saturated carbocycles. The molecule has 0 aliphatic carbocycles. The summed E-state index contributed by atoms with van der Waals surface area (Å²) in [6.45, 7) is 0. The number of hydrogen-bond acceptors (Lipinski definition) is 3. The third-order valence-electron chi connectivity index (χ3n) is 3.53. The Hall–Kier alpha value is -2.92. The fraction of sp³-hybridized carbons (Fsp3) is 0. The number of carbonyl (C=O) groups is 1. The molecule has 0 aliphatic heterocycles. The van der Waals surface area contributed by atoms with Gasteiger partial charge in [0.1, 0.15) is 5.82 Å². The molecule has 23 heavy (non-hydrogen) atoms. The summed E-state index contributed by atoms with van der Waals surface area (Å²) in [4.78, 5) is 21.2. The van der Waals surface area contributed by atoms with Crippen LogP contribution in [-0.2, 0) is 0 Å². The number of fused-ring (bicyclic) bond motifs is 1. The summed E-state index contributed by atoms with van der Waals surface area (Å²) in [6, 6.07) is 18.9. The largest absolute Gasteiger partial charge is 0.337 e. The van der Waals surface area contributed by atoms with Gasteiger partial charge >= 0.3 is 0 Å². The normalized spacial score (nSPS) is 10.8.